The van der Waals surface area contributed by atoms with Crippen molar-refractivity contribution in [2.75, 3.05) is 0 Å². The van der Waals surface area contributed by atoms with Crippen LogP contribution in [0.4, 0.5) is 4.39 Å². The number of benzene rings is 2. The lowest BCUT2D eigenvalue weighted by atomic mass is 10.0. The van der Waals surface area contributed by atoms with Crippen molar-refractivity contribution in [2.45, 2.75) is 13.5 Å². The van der Waals surface area contributed by atoms with Gasteiger partial charge in [0.15, 0.2) is 0 Å². The van der Waals surface area contributed by atoms with Crippen LogP contribution in [0, 0.1) is 24.1 Å². The van der Waals surface area contributed by atoms with Gasteiger partial charge in [-0.2, -0.15) is 5.26 Å². The molecule has 0 fully saturated rings. The molecular weight excluding hydrogens is 357 g/mol. The largest absolute Gasteiger partial charge is 0.360 e. The minimum Gasteiger partial charge on any atom is -0.360 e. The number of rotatable bonds is 4. The molecule has 0 aliphatic heterocycles. The molecule has 0 spiro atoms. The zero-order valence-electron chi connectivity index (χ0n) is 13.7. The highest BCUT2D eigenvalue weighted by molar-refractivity contribution is 6.33. The first-order valence-electron chi connectivity index (χ1n) is 7.69. The van der Waals surface area contributed by atoms with Gasteiger partial charge in [-0.1, -0.05) is 35.0 Å². The van der Waals surface area contributed by atoms with Crippen molar-refractivity contribution < 1.29 is 13.7 Å². The first-order valence-corrected chi connectivity index (χ1v) is 8.07. The summed E-state index contributed by atoms with van der Waals surface area (Å²) in [6, 6.07) is 13.1. The van der Waals surface area contributed by atoms with Crippen LogP contribution in [0.1, 0.15) is 27.2 Å². The van der Waals surface area contributed by atoms with E-state index in [4.69, 9.17) is 21.4 Å². The van der Waals surface area contributed by atoms with Crippen molar-refractivity contribution >= 4 is 17.5 Å². The lowest BCUT2D eigenvalue weighted by Crippen LogP contribution is -2.23. The number of aryl methyl sites for hydroxylation is 1. The van der Waals surface area contributed by atoms with Gasteiger partial charge in [-0.3, -0.25) is 4.79 Å². The maximum atomic E-state index is 14.2. The molecule has 0 bridgehead atoms. The average Bonchev–Trinajstić information content (AvgIpc) is 3.01. The average molecular weight is 370 g/mol. The monoisotopic (exact) mass is 369 g/mol. The third-order valence-electron chi connectivity index (χ3n) is 3.80. The van der Waals surface area contributed by atoms with E-state index in [-0.39, 0.29) is 34.1 Å². The number of halogens is 2. The quantitative estimate of drug-likeness (QED) is 0.745. The van der Waals surface area contributed by atoms with E-state index in [2.05, 4.69) is 10.5 Å². The van der Waals surface area contributed by atoms with Crippen molar-refractivity contribution in [3.05, 3.63) is 75.8 Å². The van der Waals surface area contributed by atoms with Gasteiger partial charge >= 0.3 is 0 Å². The van der Waals surface area contributed by atoms with Crippen LogP contribution in [0.2, 0.25) is 5.02 Å². The van der Waals surface area contributed by atoms with Crippen molar-refractivity contribution in [3.63, 3.8) is 0 Å². The van der Waals surface area contributed by atoms with Crippen molar-refractivity contribution in [1.82, 2.24) is 10.5 Å². The van der Waals surface area contributed by atoms with E-state index in [1.54, 1.807) is 31.2 Å². The number of nitriles is 1. The van der Waals surface area contributed by atoms with Gasteiger partial charge in [-0.25, -0.2) is 4.39 Å². The smallest absolute Gasteiger partial charge is 0.257 e. The van der Waals surface area contributed by atoms with Gasteiger partial charge in [0.1, 0.15) is 22.8 Å². The molecule has 0 radical (unpaired) electrons. The van der Waals surface area contributed by atoms with Crippen molar-refractivity contribution in [2.24, 2.45) is 0 Å². The molecule has 0 aliphatic carbocycles. The van der Waals surface area contributed by atoms with Crippen molar-refractivity contribution in [1.29, 1.82) is 5.26 Å². The lowest BCUT2D eigenvalue weighted by Gasteiger charge is -2.08. The zero-order valence-corrected chi connectivity index (χ0v) is 14.5. The highest BCUT2D eigenvalue weighted by Crippen LogP contribution is 2.33. The summed E-state index contributed by atoms with van der Waals surface area (Å²) in [7, 11) is 0. The highest BCUT2D eigenvalue weighted by Gasteiger charge is 2.25. The standard InChI is InChI=1S/C19H13ClFN3O2/c1-11-16(18(24-26-11)17-14(20)6-3-7-15(17)21)19(25)23-10-13-5-2-4-12(8-13)9-22/h2-8H,10H2,1H3,(H,23,25). The number of nitrogens with one attached hydrogen (secondary N) is 1. The SMILES string of the molecule is Cc1onc(-c2c(F)cccc2Cl)c1C(=O)NCc1cccc(C#N)c1. The Morgan fingerprint density at radius 1 is 1.35 bits per heavy atom. The predicted molar refractivity (Wildman–Crippen MR) is 94.0 cm³/mol. The van der Waals surface area contributed by atoms with Gasteiger partial charge < -0.3 is 9.84 Å². The van der Waals surface area contributed by atoms with Crippen LogP contribution < -0.4 is 5.32 Å². The summed E-state index contributed by atoms with van der Waals surface area (Å²) in [5.41, 5.74) is 1.44. The molecule has 3 rings (SSSR count). The molecule has 0 atom stereocenters. The van der Waals surface area contributed by atoms with E-state index in [0.29, 0.717) is 5.56 Å². The number of hydrogen-bond donors (Lipinski definition) is 1. The molecule has 0 saturated heterocycles. The van der Waals surface area contributed by atoms with E-state index in [1.807, 2.05) is 6.07 Å². The molecule has 1 aromatic heterocycles. The fraction of sp³-hybridized carbons (Fsp3) is 0.105. The summed E-state index contributed by atoms with van der Waals surface area (Å²) < 4.78 is 19.3. The number of carbonyl (C=O) groups excluding carboxylic acids is 1. The van der Waals surface area contributed by atoms with E-state index in [0.717, 1.165) is 5.56 Å². The summed E-state index contributed by atoms with van der Waals surface area (Å²) in [4.78, 5) is 12.6. The van der Waals surface area contributed by atoms with Gasteiger partial charge in [0, 0.05) is 6.54 Å². The molecule has 0 saturated carbocycles. The Hall–Kier alpha value is -3.17. The second-order valence-corrected chi connectivity index (χ2v) is 5.96. The Kier molecular flexibility index (Phi) is 5.01. The van der Waals surface area contributed by atoms with Gasteiger partial charge in [0.2, 0.25) is 0 Å². The summed E-state index contributed by atoms with van der Waals surface area (Å²) in [5, 5.41) is 15.6. The van der Waals surface area contributed by atoms with E-state index < -0.39 is 11.7 Å². The predicted octanol–water partition coefficient (Wildman–Crippen LogP) is 4.24. The highest BCUT2D eigenvalue weighted by atomic mass is 35.5. The van der Waals surface area contributed by atoms with Gasteiger partial charge in [0.25, 0.3) is 5.91 Å². The fourth-order valence-corrected chi connectivity index (χ4v) is 2.81. The zero-order chi connectivity index (χ0) is 18.7. The maximum Gasteiger partial charge on any atom is 0.257 e. The minimum atomic E-state index is -0.596. The number of hydrogen-bond acceptors (Lipinski definition) is 4. The fourth-order valence-electron chi connectivity index (χ4n) is 2.56. The molecule has 26 heavy (non-hydrogen) atoms. The molecule has 1 amide bonds. The Balaban J connectivity index is 1.89. The van der Waals surface area contributed by atoms with Crippen LogP contribution in [-0.2, 0) is 6.54 Å². The molecule has 1 heterocycles. The van der Waals surface area contributed by atoms with Crippen molar-refractivity contribution in [3.8, 4) is 17.3 Å². The Morgan fingerprint density at radius 3 is 2.85 bits per heavy atom. The van der Waals surface area contributed by atoms with Crippen LogP contribution in [0.5, 0.6) is 0 Å². The van der Waals surface area contributed by atoms with E-state index in [9.17, 15) is 9.18 Å². The van der Waals surface area contributed by atoms with Crippen LogP contribution in [0.25, 0.3) is 11.3 Å². The molecule has 5 nitrogen and oxygen atoms in total. The Bertz CT molecular complexity index is 1000. The van der Waals surface area contributed by atoms with Gasteiger partial charge in [0.05, 0.1) is 22.2 Å². The number of aromatic nitrogens is 1. The molecule has 130 valence electrons. The Labute approximate surface area is 154 Å². The second kappa shape index (κ2) is 7.38. The molecule has 0 unspecified atom stereocenters. The summed E-state index contributed by atoms with van der Waals surface area (Å²) in [6.45, 7) is 1.76. The second-order valence-electron chi connectivity index (χ2n) is 5.55. The summed E-state index contributed by atoms with van der Waals surface area (Å²) in [5.74, 6) is -0.815. The Morgan fingerprint density at radius 2 is 2.12 bits per heavy atom. The van der Waals surface area contributed by atoms with E-state index >= 15 is 0 Å². The van der Waals surface area contributed by atoms with Gasteiger partial charge in [-0.05, 0) is 36.8 Å². The lowest BCUT2D eigenvalue weighted by molar-refractivity contribution is 0.0950. The number of amides is 1. The molecule has 2 aromatic carbocycles. The molecular formula is C19H13ClFN3O2. The third-order valence-corrected chi connectivity index (χ3v) is 4.11. The molecule has 7 heteroatoms. The van der Waals surface area contributed by atoms with Crippen LogP contribution in [0.3, 0.4) is 0 Å². The summed E-state index contributed by atoms with van der Waals surface area (Å²) >= 11 is 6.07. The molecule has 3 aromatic rings. The van der Waals surface area contributed by atoms with Crippen LogP contribution >= 0.6 is 11.6 Å². The number of carbonyl (C=O) groups is 1. The topological polar surface area (TPSA) is 78.9 Å². The third kappa shape index (κ3) is 3.44. The van der Waals surface area contributed by atoms with Crippen LogP contribution in [0.15, 0.2) is 47.0 Å². The normalized spacial score (nSPS) is 10.4. The molecule has 1 N–H and O–H groups in total. The number of nitrogens with zero attached hydrogens (tertiary/aromatic N) is 2. The van der Waals surface area contributed by atoms with Gasteiger partial charge in [-0.15, -0.1) is 0 Å². The minimum absolute atomic E-state index is 0.0163. The first kappa shape index (κ1) is 17.6. The van der Waals surface area contributed by atoms with Crippen LogP contribution in [-0.4, -0.2) is 11.1 Å². The maximum absolute atomic E-state index is 14.2. The summed E-state index contributed by atoms with van der Waals surface area (Å²) in [6.07, 6.45) is 0. The molecule has 0 aliphatic rings. The van der Waals surface area contributed by atoms with E-state index in [1.165, 1.54) is 18.2 Å². The first-order chi connectivity index (χ1) is 12.5.